The van der Waals surface area contributed by atoms with E-state index < -0.39 is 0 Å². The van der Waals surface area contributed by atoms with Crippen LogP contribution in [0.2, 0.25) is 0 Å². The van der Waals surface area contributed by atoms with Gasteiger partial charge in [0.05, 0.1) is 0 Å². The van der Waals surface area contributed by atoms with Crippen molar-refractivity contribution < 1.29 is 0 Å². The number of hydrogen-bond donors (Lipinski definition) is 1. The first-order chi connectivity index (χ1) is 10.4. The van der Waals surface area contributed by atoms with Crippen LogP contribution < -0.4 is 5.32 Å². The summed E-state index contributed by atoms with van der Waals surface area (Å²) in [5.74, 6) is 2.00. The highest BCUT2D eigenvalue weighted by atomic mass is 32.2. The molecule has 2 atom stereocenters. The quantitative estimate of drug-likeness (QED) is 0.873. The topological polar surface area (TPSA) is 42.7 Å². The Bertz CT molecular complexity index is 490. The maximum absolute atomic E-state index is 4.58. The van der Waals surface area contributed by atoms with Gasteiger partial charge in [0, 0.05) is 23.3 Å². The van der Waals surface area contributed by atoms with Gasteiger partial charge in [-0.05, 0) is 45.1 Å². The van der Waals surface area contributed by atoms with Gasteiger partial charge in [-0.3, -0.25) is 0 Å². The highest BCUT2D eigenvalue weighted by Crippen LogP contribution is 2.47. The number of rotatable bonds is 6. The summed E-state index contributed by atoms with van der Waals surface area (Å²) in [5, 5.41) is 14.7. The number of hydrogen-bond acceptors (Lipinski definition) is 4. The van der Waals surface area contributed by atoms with Gasteiger partial charge in [0.25, 0.3) is 0 Å². The lowest BCUT2D eigenvalue weighted by Gasteiger charge is -2.31. The van der Waals surface area contributed by atoms with Gasteiger partial charge < -0.3 is 9.88 Å². The summed E-state index contributed by atoms with van der Waals surface area (Å²) in [4.78, 5) is 0. The van der Waals surface area contributed by atoms with Gasteiger partial charge >= 0.3 is 0 Å². The van der Waals surface area contributed by atoms with E-state index in [1.54, 1.807) is 0 Å². The smallest absolute Gasteiger partial charge is 0.191 e. The van der Waals surface area contributed by atoms with E-state index >= 15 is 0 Å². The lowest BCUT2D eigenvalue weighted by Crippen LogP contribution is -2.40. The Morgan fingerprint density at radius 1 is 1.10 bits per heavy atom. The molecule has 0 spiro atoms. The summed E-state index contributed by atoms with van der Waals surface area (Å²) in [6.07, 6.45) is 10.7. The zero-order chi connectivity index (χ0) is 14.2. The molecule has 4 rings (SSSR count). The van der Waals surface area contributed by atoms with Crippen LogP contribution in [0.4, 0.5) is 0 Å². The third-order valence-electron chi connectivity index (χ3n) is 4.97. The van der Waals surface area contributed by atoms with Crippen molar-refractivity contribution in [2.75, 3.05) is 6.54 Å². The van der Waals surface area contributed by atoms with Crippen molar-refractivity contribution in [2.24, 2.45) is 0 Å². The molecular weight excluding hydrogens is 280 g/mol. The fourth-order valence-corrected chi connectivity index (χ4v) is 4.93. The summed E-state index contributed by atoms with van der Waals surface area (Å²) in [6.45, 7) is 3.29. The Kier molecular flexibility index (Phi) is 3.96. The SMILES string of the molecule is CCNC1CCCCC1Sc1nnc(C2CC2)n1C1CC1. The number of thioether (sulfide) groups is 1. The van der Waals surface area contributed by atoms with Crippen LogP contribution in [0.1, 0.15) is 76.1 Å². The summed E-state index contributed by atoms with van der Waals surface area (Å²) in [7, 11) is 0. The summed E-state index contributed by atoms with van der Waals surface area (Å²) < 4.78 is 2.50. The predicted molar refractivity (Wildman–Crippen MR) is 85.8 cm³/mol. The zero-order valence-electron chi connectivity index (χ0n) is 12.9. The van der Waals surface area contributed by atoms with Crippen molar-refractivity contribution in [3.05, 3.63) is 5.82 Å². The average molecular weight is 306 g/mol. The third kappa shape index (κ3) is 3.00. The van der Waals surface area contributed by atoms with Gasteiger partial charge in [0.2, 0.25) is 0 Å². The van der Waals surface area contributed by atoms with Gasteiger partial charge in [0.1, 0.15) is 5.82 Å². The van der Waals surface area contributed by atoms with Gasteiger partial charge in [-0.25, -0.2) is 0 Å². The van der Waals surface area contributed by atoms with Crippen LogP contribution in [-0.2, 0) is 0 Å². The van der Waals surface area contributed by atoms with Crippen LogP contribution >= 0.6 is 11.8 Å². The minimum absolute atomic E-state index is 0.655. The Labute approximate surface area is 131 Å². The van der Waals surface area contributed by atoms with E-state index in [4.69, 9.17) is 0 Å². The van der Waals surface area contributed by atoms with Crippen LogP contribution in [0.3, 0.4) is 0 Å². The zero-order valence-corrected chi connectivity index (χ0v) is 13.7. The maximum atomic E-state index is 4.58. The van der Waals surface area contributed by atoms with E-state index in [9.17, 15) is 0 Å². The molecule has 2 unspecified atom stereocenters. The molecule has 0 aliphatic heterocycles. The Balaban J connectivity index is 1.53. The minimum Gasteiger partial charge on any atom is -0.313 e. The van der Waals surface area contributed by atoms with E-state index in [-0.39, 0.29) is 0 Å². The van der Waals surface area contributed by atoms with E-state index in [1.807, 2.05) is 11.8 Å². The minimum atomic E-state index is 0.655. The van der Waals surface area contributed by atoms with Gasteiger partial charge in [0.15, 0.2) is 5.16 Å². The molecule has 5 heteroatoms. The molecule has 1 aromatic rings. The van der Waals surface area contributed by atoms with Crippen molar-refractivity contribution in [3.8, 4) is 0 Å². The molecule has 4 nitrogen and oxygen atoms in total. The second kappa shape index (κ2) is 5.92. The van der Waals surface area contributed by atoms with Crippen molar-refractivity contribution in [1.82, 2.24) is 20.1 Å². The van der Waals surface area contributed by atoms with Gasteiger partial charge in [-0.1, -0.05) is 31.5 Å². The first kappa shape index (κ1) is 14.1. The fourth-order valence-electron chi connectivity index (χ4n) is 3.53. The molecule has 1 heterocycles. The summed E-state index contributed by atoms with van der Waals surface area (Å²) in [6, 6.07) is 1.36. The molecule has 1 N–H and O–H groups in total. The Hall–Kier alpha value is -0.550. The highest BCUT2D eigenvalue weighted by Gasteiger charge is 2.37. The molecular formula is C16H26N4S. The lowest BCUT2D eigenvalue weighted by molar-refractivity contribution is 0.390. The molecule has 3 aliphatic carbocycles. The van der Waals surface area contributed by atoms with E-state index in [0.29, 0.717) is 23.3 Å². The molecule has 3 saturated carbocycles. The van der Waals surface area contributed by atoms with Gasteiger partial charge in [-0.2, -0.15) is 0 Å². The molecule has 21 heavy (non-hydrogen) atoms. The normalized spacial score (nSPS) is 29.8. The maximum Gasteiger partial charge on any atom is 0.191 e. The monoisotopic (exact) mass is 306 g/mol. The molecule has 0 bridgehead atoms. The predicted octanol–water partition coefficient (Wildman–Crippen LogP) is 3.50. The molecule has 1 aromatic heterocycles. The molecule has 3 aliphatic rings. The Morgan fingerprint density at radius 3 is 2.62 bits per heavy atom. The molecule has 0 radical (unpaired) electrons. The standard InChI is InChI=1S/C16H26N4S/c1-2-17-13-5-3-4-6-14(13)21-16-19-18-15(11-7-8-11)20(16)12-9-10-12/h11-14,17H,2-10H2,1H3. The molecule has 0 aromatic carbocycles. The molecule has 0 saturated heterocycles. The third-order valence-corrected chi connectivity index (χ3v) is 6.33. The van der Waals surface area contributed by atoms with Crippen LogP contribution in [0.15, 0.2) is 5.16 Å². The van der Waals surface area contributed by atoms with Crippen LogP contribution in [0.25, 0.3) is 0 Å². The van der Waals surface area contributed by atoms with E-state index in [2.05, 4.69) is 27.0 Å². The average Bonchev–Trinajstić information content (AvgIpc) is 3.41. The van der Waals surface area contributed by atoms with Crippen LogP contribution in [-0.4, -0.2) is 32.6 Å². The Morgan fingerprint density at radius 2 is 1.90 bits per heavy atom. The van der Waals surface area contributed by atoms with E-state index in [1.165, 1.54) is 62.3 Å². The molecule has 0 amide bonds. The fraction of sp³-hybridized carbons (Fsp3) is 0.875. The second-order valence-corrected chi connectivity index (χ2v) is 8.03. The summed E-state index contributed by atoms with van der Waals surface area (Å²) >= 11 is 2.00. The molecule has 3 fully saturated rings. The molecule has 116 valence electrons. The largest absolute Gasteiger partial charge is 0.313 e. The highest BCUT2D eigenvalue weighted by molar-refractivity contribution is 7.99. The van der Waals surface area contributed by atoms with Gasteiger partial charge in [-0.15, -0.1) is 10.2 Å². The lowest BCUT2D eigenvalue weighted by atomic mass is 9.95. The number of nitrogens with one attached hydrogen (secondary N) is 1. The first-order valence-electron chi connectivity index (χ1n) is 8.71. The van der Waals surface area contributed by atoms with Crippen molar-refractivity contribution in [3.63, 3.8) is 0 Å². The van der Waals surface area contributed by atoms with Crippen molar-refractivity contribution in [2.45, 2.75) is 86.7 Å². The van der Waals surface area contributed by atoms with E-state index in [0.717, 1.165) is 6.54 Å². The summed E-state index contributed by atoms with van der Waals surface area (Å²) in [5.41, 5.74) is 0. The first-order valence-corrected chi connectivity index (χ1v) is 9.59. The van der Waals surface area contributed by atoms with Crippen molar-refractivity contribution >= 4 is 11.8 Å². The number of aromatic nitrogens is 3. The number of nitrogens with zero attached hydrogens (tertiary/aromatic N) is 3. The van der Waals surface area contributed by atoms with Crippen LogP contribution in [0.5, 0.6) is 0 Å². The van der Waals surface area contributed by atoms with Crippen LogP contribution in [0, 0.1) is 0 Å². The second-order valence-electron chi connectivity index (χ2n) is 6.82. The van der Waals surface area contributed by atoms with Crippen molar-refractivity contribution in [1.29, 1.82) is 0 Å².